The first kappa shape index (κ1) is 20.3. The molecule has 10 nitrogen and oxygen atoms in total. The van der Waals surface area contributed by atoms with Gasteiger partial charge in [-0.1, -0.05) is 16.8 Å². The van der Waals surface area contributed by atoms with Crippen molar-refractivity contribution in [3.05, 3.63) is 45.4 Å². The van der Waals surface area contributed by atoms with Gasteiger partial charge in [-0.3, -0.25) is 4.79 Å². The Bertz CT molecular complexity index is 1090. The Hall–Kier alpha value is -2.98. The molecule has 0 radical (unpaired) electrons. The van der Waals surface area contributed by atoms with Crippen LogP contribution in [0.5, 0.6) is 5.88 Å². The van der Waals surface area contributed by atoms with Crippen LogP contribution in [0.1, 0.15) is 17.9 Å². The topological polar surface area (TPSA) is 125 Å². The van der Waals surface area contributed by atoms with E-state index in [0.717, 1.165) is 17.7 Å². The lowest BCUT2D eigenvalue weighted by atomic mass is 10.1. The van der Waals surface area contributed by atoms with Gasteiger partial charge in [0.25, 0.3) is 5.56 Å². The molecule has 1 fully saturated rings. The number of rotatable bonds is 6. The largest absolute Gasteiger partial charge is 0.472 e. The molecule has 158 valence electrons. The Morgan fingerprint density at radius 1 is 1.37 bits per heavy atom. The Labute approximate surface area is 177 Å². The summed E-state index contributed by atoms with van der Waals surface area (Å²) in [6, 6.07) is 1.78. The number of nitrogens with zero attached hydrogens (tertiary/aromatic N) is 6. The van der Waals surface area contributed by atoms with E-state index in [4.69, 9.17) is 26.6 Å². The maximum atomic E-state index is 12.3. The number of hydrogen-bond acceptors (Lipinski definition) is 9. The van der Waals surface area contributed by atoms with Crippen molar-refractivity contribution in [1.82, 2.24) is 24.9 Å². The summed E-state index contributed by atoms with van der Waals surface area (Å²) in [5, 5.41) is 8.27. The summed E-state index contributed by atoms with van der Waals surface area (Å²) in [5.74, 6) is 1.16. The lowest BCUT2D eigenvalue weighted by Crippen LogP contribution is -2.31. The van der Waals surface area contributed by atoms with E-state index < -0.39 is 0 Å². The summed E-state index contributed by atoms with van der Waals surface area (Å²) < 4.78 is 12.6. The second-order valence-electron chi connectivity index (χ2n) is 7.08. The molecule has 1 saturated heterocycles. The van der Waals surface area contributed by atoms with Gasteiger partial charge in [-0.2, -0.15) is 5.10 Å². The molecule has 0 spiro atoms. The van der Waals surface area contributed by atoms with Crippen LogP contribution in [0, 0.1) is 13.8 Å². The summed E-state index contributed by atoms with van der Waals surface area (Å²) >= 11 is 6.30. The van der Waals surface area contributed by atoms with Crippen molar-refractivity contribution in [2.75, 3.05) is 24.5 Å². The van der Waals surface area contributed by atoms with E-state index in [1.807, 2.05) is 18.7 Å². The van der Waals surface area contributed by atoms with Crippen molar-refractivity contribution < 1.29 is 9.26 Å². The molecule has 30 heavy (non-hydrogen) atoms. The minimum atomic E-state index is -0.344. The third-order valence-electron chi connectivity index (χ3n) is 5.01. The Morgan fingerprint density at radius 2 is 2.20 bits per heavy atom. The van der Waals surface area contributed by atoms with Gasteiger partial charge in [-0.25, -0.2) is 14.6 Å². The molecular weight excluding hydrogens is 410 g/mol. The molecule has 0 amide bonds. The van der Waals surface area contributed by atoms with Crippen LogP contribution in [0.4, 0.5) is 5.69 Å². The highest BCUT2D eigenvalue weighted by molar-refractivity contribution is 6.33. The highest BCUT2D eigenvalue weighted by Crippen LogP contribution is 2.29. The van der Waals surface area contributed by atoms with Gasteiger partial charge in [0.15, 0.2) is 0 Å². The van der Waals surface area contributed by atoms with Crippen molar-refractivity contribution in [3.8, 4) is 17.1 Å². The van der Waals surface area contributed by atoms with Gasteiger partial charge in [-0.05, 0) is 13.8 Å². The third kappa shape index (κ3) is 3.88. The number of aryl methyl sites for hydroxylation is 2. The van der Waals surface area contributed by atoms with E-state index in [0.29, 0.717) is 49.2 Å². The smallest absolute Gasteiger partial charge is 0.287 e. The first-order chi connectivity index (χ1) is 14.5. The van der Waals surface area contributed by atoms with Crippen LogP contribution >= 0.6 is 11.6 Å². The van der Waals surface area contributed by atoms with Gasteiger partial charge in [0.05, 0.1) is 41.9 Å². The summed E-state index contributed by atoms with van der Waals surface area (Å²) in [4.78, 5) is 22.9. The van der Waals surface area contributed by atoms with Crippen LogP contribution in [-0.4, -0.2) is 50.6 Å². The molecule has 0 aromatic carbocycles. The van der Waals surface area contributed by atoms with E-state index in [2.05, 4.69) is 20.2 Å². The molecule has 1 aliphatic heterocycles. The average molecular weight is 432 g/mol. The molecule has 2 N–H and O–H groups in total. The summed E-state index contributed by atoms with van der Waals surface area (Å²) in [7, 11) is 0. The monoisotopic (exact) mass is 431 g/mol. The number of aromatic nitrogens is 5. The molecule has 0 aliphatic carbocycles. The zero-order valence-corrected chi connectivity index (χ0v) is 17.5. The van der Waals surface area contributed by atoms with E-state index in [1.165, 1.54) is 11.0 Å². The SMILES string of the molecule is Cc1noc(C)c1-c1cc(O[C@@H]2CCN(c3cnn(CCN)c(=O)c3Cl)C2)ncn1. The molecule has 1 aliphatic rings. The third-order valence-corrected chi connectivity index (χ3v) is 5.37. The molecule has 0 saturated carbocycles. The number of hydrogen-bond donors (Lipinski definition) is 1. The second-order valence-corrected chi connectivity index (χ2v) is 7.45. The van der Waals surface area contributed by atoms with E-state index in [9.17, 15) is 4.79 Å². The normalized spacial score (nSPS) is 16.3. The van der Waals surface area contributed by atoms with E-state index in [1.54, 1.807) is 12.3 Å². The van der Waals surface area contributed by atoms with Crippen LogP contribution in [0.3, 0.4) is 0 Å². The number of anilines is 1. The molecule has 3 aromatic heterocycles. The van der Waals surface area contributed by atoms with Crippen molar-refractivity contribution in [2.24, 2.45) is 5.73 Å². The summed E-state index contributed by atoms with van der Waals surface area (Å²) in [6.07, 6.45) is 3.70. The predicted molar refractivity (Wildman–Crippen MR) is 111 cm³/mol. The van der Waals surface area contributed by atoms with Crippen molar-refractivity contribution in [2.45, 2.75) is 32.9 Å². The number of nitrogens with two attached hydrogens (primary N) is 1. The number of halogens is 1. The van der Waals surface area contributed by atoms with Crippen LogP contribution in [-0.2, 0) is 6.54 Å². The maximum Gasteiger partial charge on any atom is 0.287 e. The minimum absolute atomic E-state index is 0.111. The zero-order valence-electron chi connectivity index (χ0n) is 16.7. The van der Waals surface area contributed by atoms with E-state index >= 15 is 0 Å². The lowest BCUT2D eigenvalue weighted by molar-refractivity contribution is 0.215. The molecule has 0 unspecified atom stereocenters. The van der Waals surface area contributed by atoms with Gasteiger partial charge in [0, 0.05) is 25.6 Å². The van der Waals surface area contributed by atoms with Crippen molar-refractivity contribution in [1.29, 1.82) is 0 Å². The standard InChI is InChI=1S/C19H22ClN7O3/c1-11-17(12(2)30-25-11)14-7-16(23-10-22-14)29-13-3-5-26(9-13)15-8-24-27(6-4-21)19(28)18(15)20/h7-8,10,13H,3-6,9,21H2,1-2H3/t13-/m1/s1. The molecule has 4 rings (SSSR count). The second kappa shape index (κ2) is 8.41. The Morgan fingerprint density at radius 3 is 2.93 bits per heavy atom. The van der Waals surface area contributed by atoms with Gasteiger partial charge in [0.2, 0.25) is 5.88 Å². The van der Waals surface area contributed by atoms with Crippen LogP contribution in [0.2, 0.25) is 5.02 Å². The first-order valence-electron chi connectivity index (χ1n) is 9.60. The summed E-state index contributed by atoms with van der Waals surface area (Å²) in [6.45, 7) is 5.60. The van der Waals surface area contributed by atoms with Crippen LogP contribution in [0.25, 0.3) is 11.3 Å². The summed E-state index contributed by atoms with van der Waals surface area (Å²) in [5.41, 5.74) is 8.05. The van der Waals surface area contributed by atoms with E-state index in [-0.39, 0.29) is 16.7 Å². The van der Waals surface area contributed by atoms with Gasteiger partial charge >= 0.3 is 0 Å². The first-order valence-corrected chi connectivity index (χ1v) is 9.98. The highest BCUT2D eigenvalue weighted by Gasteiger charge is 2.27. The van der Waals surface area contributed by atoms with Gasteiger partial charge < -0.3 is 19.9 Å². The molecule has 11 heteroatoms. The average Bonchev–Trinajstić information content (AvgIpc) is 3.32. The number of ether oxygens (including phenoxy) is 1. The van der Waals surface area contributed by atoms with Gasteiger partial charge in [0.1, 0.15) is 23.2 Å². The van der Waals surface area contributed by atoms with Crippen molar-refractivity contribution in [3.63, 3.8) is 0 Å². The fraction of sp³-hybridized carbons (Fsp3) is 0.421. The molecule has 4 heterocycles. The zero-order chi connectivity index (χ0) is 21.3. The molecule has 0 bridgehead atoms. The minimum Gasteiger partial charge on any atom is -0.472 e. The maximum absolute atomic E-state index is 12.3. The Balaban J connectivity index is 1.48. The van der Waals surface area contributed by atoms with Crippen molar-refractivity contribution >= 4 is 17.3 Å². The molecular formula is C19H22ClN7O3. The highest BCUT2D eigenvalue weighted by atomic mass is 35.5. The molecule has 1 atom stereocenters. The fourth-order valence-electron chi connectivity index (χ4n) is 3.56. The van der Waals surface area contributed by atoms with Gasteiger partial charge in [-0.15, -0.1) is 0 Å². The van der Waals surface area contributed by atoms with Crippen LogP contribution in [0.15, 0.2) is 27.9 Å². The molecule has 3 aromatic rings. The predicted octanol–water partition coefficient (Wildman–Crippen LogP) is 1.57. The quantitative estimate of drug-likeness (QED) is 0.618. The Kier molecular flexibility index (Phi) is 5.69. The van der Waals surface area contributed by atoms with Crippen LogP contribution < -0.4 is 20.9 Å². The fourth-order valence-corrected chi connectivity index (χ4v) is 3.83. The lowest BCUT2D eigenvalue weighted by Gasteiger charge is -2.20.